The van der Waals surface area contributed by atoms with Crippen LogP contribution in [-0.4, -0.2) is 35.2 Å². The number of nitrogens with zero attached hydrogens (tertiary/aromatic N) is 1. The molecule has 0 aliphatic carbocycles. The second-order valence-corrected chi connectivity index (χ2v) is 7.66. The molecule has 1 aliphatic rings. The van der Waals surface area contributed by atoms with Crippen molar-refractivity contribution in [2.45, 2.75) is 13.0 Å². The summed E-state index contributed by atoms with van der Waals surface area (Å²) < 4.78 is 5.86. The van der Waals surface area contributed by atoms with Crippen LogP contribution in [-0.2, 0) is 22.6 Å². The van der Waals surface area contributed by atoms with E-state index in [1.807, 2.05) is 36.4 Å². The number of hydrogen-bond acceptors (Lipinski definition) is 4. The molecule has 0 spiro atoms. The van der Waals surface area contributed by atoms with Crippen molar-refractivity contribution in [1.82, 2.24) is 4.90 Å². The Hall–Kier alpha value is -2.05. The van der Waals surface area contributed by atoms with E-state index in [0.717, 1.165) is 10.4 Å². The largest absolute Gasteiger partial charge is 0.481 e. The fourth-order valence-corrected chi connectivity index (χ4v) is 3.96. The van der Waals surface area contributed by atoms with E-state index >= 15 is 0 Å². The van der Waals surface area contributed by atoms with Crippen molar-refractivity contribution >= 4 is 35.0 Å². The van der Waals surface area contributed by atoms with E-state index in [1.54, 1.807) is 6.07 Å². The van der Waals surface area contributed by atoms with E-state index in [1.165, 1.54) is 16.2 Å². The summed E-state index contributed by atoms with van der Waals surface area (Å²) in [5.41, 5.74) is -0.0657. The van der Waals surface area contributed by atoms with Crippen LogP contribution in [0.1, 0.15) is 10.4 Å². The predicted molar refractivity (Wildman–Crippen MR) is 91.3 cm³/mol. The van der Waals surface area contributed by atoms with Gasteiger partial charge in [-0.15, -0.1) is 11.3 Å². The van der Waals surface area contributed by atoms with Crippen molar-refractivity contribution in [1.29, 1.82) is 0 Å². The van der Waals surface area contributed by atoms with Gasteiger partial charge in [0.15, 0.2) is 0 Å². The highest BCUT2D eigenvalue weighted by atomic mass is 35.5. The molecule has 24 heavy (non-hydrogen) atoms. The van der Waals surface area contributed by atoms with Crippen molar-refractivity contribution in [2.75, 3.05) is 13.1 Å². The molecule has 1 N–H and O–H groups in total. The lowest BCUT2D eigenvalue weighted by Crippen LogP contribution is -2.63. The normalized spacial score (nSPS) is 15.6. The number of hydrogen-bond donors (Lipinski definition) is 1. The number of rotatable bonds is 5. The molecule has 7 heteroatoms. The van der Waals surface area contributed by atoms with Crippen LogP contribution < -0.4 is 0 Å². The maximum atomic E-state index is 12.1. The molecule has 3 rings (SSSR count). The molecular formula is C17H16ClNO4S. The van der Waals surface area contributed by atoms with Gasteiger partial charge in [0, 0.05) is 24.4 Å². The molecule has 0 bridgehead atoms. The Morgan fingerprint density at radius 1 is 1.21 bits per heavy atom. The number of halogens is 1. The molecule has 1 fully saturated rings. The summed E-state index contributed by atoms with van der Waals surface area (Å²) in [4.78, 5) is 26.0. The third-order valence-corrected chi connectivity index (χ3v) is 5.28. The van der Waals surface area contributed by atoms with Crippen molar-refractivity contribution in [3.05, 3.63) is 57.2 Å². The second kappa shape index (κ2) is 6.83. The van der Waals surface area contributed by atoms with Gasteiger partial charge < -0.3 is 14.7 Å². The minimum Gasteiger partial charge on any atom is -0.481 e. The van der Waals surface area contributed by atoms with E-state index in [4.69, 9.17) is 16.3 Å². The lowest BCUT2D eigenvalue weighted by molar-refractivity contribution is -0.158. The molecule has 0 saturated carbocycles. The first-order valence-corrected chi connectivity index (χ1v) is 8.61. The highest BCUT2D eigenvalue weighted by Crippen LogP contribution is 2.37. The minimum atomic E-state index is -0.958. The molecule has 5 nitrogen and oxygen atoms in total. The summed E-state index contributed by atoms with van der Waals surface area (Å²) in [6.45, 7) is 0.466. The summed E-state index contributed by atoms with van der Waals surface area (Å²) in [6, 6.07) is 12.9. The predicted octanol–water partition coefficient (Wildman–Crippen LogP) is 3.67. The number of carboxylic acids is 1. The number of likely N-dealkylation sites (tertiary alicyclic amines) is 1. The van der Waals surface area contributed by atoms with E-state index in [-0.39, 0.29) is 19.7 Å². The lowest BCUT2D eigenvalue weighted by atomic mass is 9.76. The van der Waals surface area contributed by atoms with Crippen LogP contribution in [0.25, 0.3) is 0 Å². The summed E-state index contributed by atoms with van der Waals surface area (Å²) in [5, 5.41) is 9.55. The highest BCUT2D eigenvalue weighted by molar-refractivity contribution is 7.16. The van der Waals surface area contributed by atoms with Crippen LogP contribution in [0.5, 0.6) is 0 Å². The summed E-state index contributed by atoms with van der Waals surface area (Å²) in [6.07, 6.45) is -0.123. The van der Waals surface area contributed by atoms with E-state index in [9.17, 15) is 14.7 Å². The van der Waals surface area contributed by atoms with Crippen molar-refractivity contribution < 1.29 is 19.4 Å². The average molecular weight is 366 g/mol. The van der Waals surface area contributed by atoms with Gasteiger partial charge in [0.25, 0.3) is 0 Å². The number of carbonyl (C=O) groups is 2. The number of amides is 1. The number of aliphatic carboxylic acids is 1. The van der Waals surface area contributed by atoms with Crippen LogP contribution >= 0.6 is 22.9 Å². The smallest absolute Gasteiger partial charge is 0.410 e. The minimum absolute atomic E-state index is 0.144. The summed E-state index contributed by atoms with van der Waals surface area (Å²) in [7, 11) is 0. The Kier molecular flexibility index (Phi) is 4.78. The molecule has 0 radical (unpaired) electrons. The van der Waals surface area contributed by atoms with Crippen LogP contribution in [0.2, 0.25) is 4.34 Å². The number of thiophene rings is 1. The molecule has 0 atom stereocenters. The highest BCUT2D eigenvalue weighted by Gasteiger charge is 2.52. The molecule has 126 valence electrons. The maximum Gasteiger partial charge on any atom is 0.410 e. The van der Waals surface area contributed by atoms with E-state index < -0.39 is 17.5 Å². The Labute approximate surface area is 148 Å². The van der Waals surface area contributed by atoms with Gasteiger partial charge in [-0.3, -0.25) is 4.79 Å². The zero-order chi connectivity index (χ0) is 17.2. The van der Waals surface area contributed by atoms with Crippen molar-refractivity contribution in [3.8, 4) is 0 Å². The van der Waals surface area contributed by atoms with E-state index in [0.29, 0.717) is 10.8 Å². The molecule has 1 amide bonds. The third-order valence-electron chi connectivity index (χ3n) is 4.05. The van der Waals surface area contributed by atoms with Crippen LogP contribution in [0, 0.1) is 5.41 Å². The maximum absolute atomic E-state index is 12.1. The van der Waals surface area contributed by atoms with Gasteiger partial charge in [0.05, 0.1) is 4.34 Å². The van der Waals surface area contributed by atoms with Gasteiger partial charge in [-0.25, -0.2) is 4.79 Å². The standard InChI is InChI=1S/C17H16ClNO4S/c18-14-7-6-13(24-14)8-17(15(20)21)10-19(11-17)16(22)23-9-12-4-2-1-3-5-12/h1-7H,8-11H2,(H,20,21). The van der Waals surface area contributed by atoms with Gasteiger partial charge in [0.2, 0.25) is 0 Å². The zero-order valence-electron chi connectivity index (χ0n) is 12.8. The Morgan fingerprint density at radius 3 is 2.50 bits per heavy atom. The molecular weight excluding hydrogens is 350 g/mol. The van der Waals surface area contributed by atoms with Gasteiger partial charge in [-0.2, -0.15) is 0 Å². The van der Waals surface area contributed by atoms with Gasteiger partial charge in [-0.1, -0.05) is 41.9 Å². The van der Waals surface area contributed by atoms with Crippen LogP contribution in [0.4, 0.5) is 4.79 Å². The Balaban J connectivity index is 1.56. The molecule has 0 unspecified atom stereocenters. The fraction of sp³-hybridized carbons (Fsp3) is 0.294. The molecule has 1 aromatic heterocycles. The van der Waals surface area contributed by atoms with Crippen LogP contribution in [0.3, 0.4) is 0 Å². The van der Waals surface area contributed by atoms with Gasteiger partial charge >= 0.3 is 12.1 Å². The summed E-state index contributed by atoms with van der Waals surface area (Å²) in [5.74, 6) is -0.904. The fourth-order valence-electron chi connectivity index (χ4n) is 2.73. The molecule has 1 saturated heterocycles. The number of benzene rings is 1. The Morgan fingerprint density at radius 2 is 1.92 bits per heavy atom. The SMILES string of the molecule is O=C(OCc1ccccc1)N1CC(Cc2ccc(Cl)s2)(C(=O)O)C1. The molecule has 1 aliphatic heterocycles. The molecule has 1 aromatic carbocycles. The van der Waals surface area contributed by atoms with E-state index in [2.05, 4.69) is 0 Å². The monoisotopic (exact) mass is 365 g/mol. The van der Waals surface area contributed by atoms with Gasteiger partial charge in [0.1, 0.15) is 12.0 Å². The quantitative estimate of drug-likeness (QED) is 0.877. The Bertz CT molecular complexity index is 740. The van der Waals surface area contributed by atoms with Crippen molar-refractivity contribution in [2.24, 2.45) is 5.41 Å². The zero-order valence-corrected chi connectivity index (χ0v) is 14.3. The molecule has 2 aromatic rings. The summed E-state index contributed by atoms with van der Waals surface area (Å²) >= 11 is 7.26. The van der Waals surface area contributed by atoms with Gasteiger partial charge in [-0.05, 0) is 17.7 Å². The topological polar surface area (TPSA) is 66.8 Å². The van der Waals surface area contributed by atoms with Crippen molar-refractivity contribution in [3.63, 3.8) is 0 Å². The average Bonchev–Trinajstić information content (AvgIpc) is 2.94. The number of carboxylic acid groups (broad SMARTS) is 1. The second-order valence-electron chi connectivity index (χ2n) is 5.86. The third kappa shape index (κ3) is 3.55. The first-order chi connectivity index (χ1) is 11.5. The number of ether oxygens (including phenoxy) is 1. The molecule has 2 heterocycles. The number of carbonyl (C=O) groups excluding carboxylic acids is 1. The first kappa shape index (κ1) is 16.8. The first-order valence-electron chi connectivity index (χ1n) is 7.42. The lowest BCUT2D eigenvalue weighted by Gasteiger charge is -2.46. The van der Waals surface area contributed by atoms with Crippen LogP contribution in [0.15, 0.2) is 42.5 Å².